The molecule has 4 N–H and O–H groups in total. The Balaban J connectivity index is -0.000000100. The summed E-state index contributed by atoms with van der Waals surface area (Å²) in [5.41, 5.74) is -1.11. The number of aliphatic hydroxyl groups is 4. The first kappa shape index (κ1) is 42.3. The van der Waals surface area contributed by atoms with E-state index in [0.717, 1.165) is 0 Å². The summed E-state index contributed by atoms with van der Waals surface area (Å²) in [6.07, 6.45) is 1.57. The second-order valence-corrected chi connectivity index (χ2v) is 6.13. The summed E-state index contributed by atoms with van der Waals surface area (Å²) < 4.78 is 15.8. The minimum Gasteiger partial charge on any atom is -0.396 e. The van der Waals surface area contributed by atoms with E-state index in [4.69, 9.17) is 20.4 Å². The quantitative estimate of drug-likeness (QED) is 0.120. The molecule has 0 saturated carbocycles. The van der Waals surface area contributed by atoms with Crippen molar-refractivity contribution in [3.63, 3.8) is 0 Å². The van der Waals surface area contributed by atoms with Crippen molar-refractivity contribution in [1.82, 2.24) is 0 Å². The van der Waals surface area contributed by atoms with Gasteiger partial charge >= 0.3 is 23.9 Å². The fourth-order valence-corrected chi connectivity index (χ4v) is 1.07. The van der Waals surface area contributed by atoms with Crippen molar-refractivity contribution in [3.05, 3.63) is 0 Å². The largest absolute Gasteiger partial charge is 0.396 e. The van der Waals surface area contributed by atoms with Crippen molar-refractivity contribution in [3.8, 4) is 0 Å². The van der Waals surface area contributed by atoms with E-state index in [1.54, 1.807) is 27.7 Å². The maximum absolute atomic E-state index is 9.88. The summed E-state index contributed by atoms with van der Waals surface area (Å²) in [6, 6.07) is 0. The number of carbonyl (C=O) groups is 4. The Hall–Kier alpha value is -0.880. The Morgan fingerprint density at radius 1 is 0.515 bits per heavy atom. The Morgan fingerprint density at radius 2 is 0.667 bits per heavy atom. The maximum atomic E-state index is 9.88. The number of carbonyl (C=O) groups excluding carboxylic acids is 4. The van der Waals surface area contributed by atoms with Crippen LogP contribution in [-0.2, 0) is 35.9 Å². The van der Waals surface area contributed by atoms with Crippen LogP contribution in [0.2, 0.25) is 0 Å². The molecule has 0 bridgehead atoms. The molecule has 0 amide bonds. The average molecular weight is 561 g/mol. The molecule has 0 rings (SSSR count). The zero-order chi connectivity index (χ0) is 27.3. The topological polar surface area (TPSA) is 186 Å². The Morgan fingerprint density at radius 3 is 0.667 bits per heavy atom. The highest BCUT2D eigenvalue weighted by Gasteiger charge is 2.26. The highest BCUT2D eigenvalue weighted by molar-refractivity contribution is 7.76. The van der Waals surface area contributed by atoms with Crippen molar-refractivity contribution in [2.24, 2.45) is 5.41 Å². The van der Waals surface area contributed by atoms with Crippen molar-refractivity contribution >= 4 is 75.5 Å². The van der Waals surface area contributed by atoms with Gasteiger partial charge in [-0.15, -0.1) is 0 Å². The predicted molar refractivity (Wildman–Crippen MR) is 132 cm³/mol. The zero-order valence-electron chi connectivity index (χ0n) is 19.0. The van der Waals surface area contributed by atoms with Gasteiger partial charge in [0.25, 0.3) is 0 Å². The smallest absolute Gasteiger partial charge is 0.317 e. The molecule has 0 aromatic heterocycles. The predicted octanol–water partition coefficient (Wildman–Crippen LogP) is 1.08. The lowest BCUT2D eigenvalue weighted by molar-refractivity contribution is -0.133. The van der Waals surface area contributed by atoms with Crippen LogP contribution in [0.25, 0.3) is 0 Å². The van der Waals surface area contributed by atoms with Crippen molar-refractivity contribution in [1.29, 1.82) is 0 Å². The third kappa shape index (κ3) is 35.9. The third-order valence-electron chi connectivity index (χ3n) is 2.90. The van der Waals surface area contributed by atoms with E-state index in [2.05, 4.69) is 68.4 Å². The summed E-state index contributed by atoms with van der Waals surface area (Å²) in [5, 5.41) is 34.0. The van der Waals surface area contributed by atoms with Crippen LogP contribution in [0.5, 0.6) is 0 Å². The minimum atomic E-state index is -1.11. The number of hydrogen-bond donors (Lipinski definition) is 8. The molecule has 0 aliphatic rings. The lowest BCUT2D eigenvalue weighted by Crippen LogP contribution is -2.37. The molecule has 33 heavy (non-hydrogen) atoms. The Labute approximate surface area is 216 Å². The lowest BCUT2D eigenvalue weighted by Gasteiger charge is -2.23. The number of rotatable bonds is 8. The molecular formula is C17H36O12S4. The van der Waals surface area contributed by atoms with E-state index in [-0.39, 0.29) is 23.9 Å². The molecule has 0 radical (unpaired) electrons. The molecule has 0 unspecified atom stereocenters. The van der Waals surface area contributed by atoms with Crippen LogP contribution in [0.15, 0.2) is 0 Å². The molecule has 0 aromatic carbocycles. The van der Waals surface area contributed by atoms with Gasteiger partial charge in [-0.1, -0.05) is 27.7 Å². The van der Waals surface area contributed by atoms with Gasteiger partial charge in [-0.3, -0.25) is 19.2 Å². The van der Waals surface area contributed by atoms with Gasteiger partial charge in [-0.25, -0.2) is 0 Å². The molecule has 0 saturated heterocycles. The molecule has 0 aliphatic carbocycles. The Kier molecular flexibility index (Phi) is 42.7. The van der Waals surface area contributed by atoms with Gasteiger partial charge in [-0.05, 0) is 0 Å². The molecule has 200 valence electrons. The van der Waals surface area contributed by atoms with Crippen LogP contribution in [0.1, 0.15) is 53.4 Å². The molecule has 12 nitrogen and oxygen atoms in total. The van der Waals surface area contributed by atoms with Crippen molar-refractivity contribution < 1.29 is 56.3 Å². The van der Waals surface area contributed by atoms with Gasteiger partial charge in [0.05, 0.1) is 31.8 Å². The summed E-state index contributed by atoms with van der Waals surface area (Å²) >= 11 is 13.0. The molecule has 16 heteroatoms. The maximum Gasteiger partial charge on any atom is 0.317 e. The fourth-order valence-electron chi connectivity index (χ4n) is 0.558. The monoisotopic (exact) mass is 560 g/mol. The molecule has 0 aromatic rings. The second-order valence-electron chi connectivity index (χ2n) is 5.40. The number of hydrogen-bond acceptors (Lipinski definition) is 16. The van der Waals surface area contributed by atoms with Crippen LogP contribution in [0.4, 0.5) is 0 Å². The summed E-state index contributed by atoms with van der Waals surface area (Å²) in [5.74, 6) is -1.17. The number of thiol groups is 4. The summed E-state index contributed by atoms with van der Waals surface area (Å²) in [6.45, 7) is 5.20. The van der Waals surface area contributed by atoms with Crippen LogP contribution in [0.3, 0.4) is 0 Å². The molecule has 0 spiro atoms. The zero-order valence-corrected chi connectivity index (χ0v) is 22.6. The summed E-state index contributed by atoms with van der Waals surface area (Å²) in [7, 11) is 0. The summed E-state index contributed by atoms with van der Waals surface area (Å²) in [4.78, 5) is 39.5. The minimum absolute atomic E-state index is 0.293. The molecule has 0 aliphatic heterocycles. The van der Waals surface area contributed by atoms with Crippen LogP contribution < -0.4 is 0 Å². The molecular weight excluding hydrogens is 524 g/mol. The standard InChI is InChI=1S/C5H12O4.4C3H6O2S/c6-1-5(2-7,3-8)4-9;4*1-2-3(4)5-6/h6-9H,1-4H2;4*6H,2H2,1H3. The molecule has 0 atom stereocenters. The molecule has 0 fully saturated rings. The first-order valence-electron chi connectivity index (χ1n) is 9.29. The van der Waals surface area contributed by atoms with Crippen molar-refractivity contribution in [2.45, 2.75) is 53.4 Å². The van der Waals surface area contributed by atoms with E-state index in [0.29, 0.717) is 25.7 Å². The van der Waals surface area contributed by atoms with Crippen LogP contribution in [-0.4, -0.2) is 70.7 Å². The second kappa shape index (κ2) is 33.3. The highest BCUT2D eigenvalue weighted by Crippen LogP contribution is 2.11. The van der Waals surface area contributed by atoms with Gasteiger partial charge in [0.1, 0.15) is 0 Å². The molecule has 0 heterocycles. The van der Waals surface area contributed by atoms with E-state index in [1.165, 1.54) is 0 Å². The van der Waals surface area contributed by atoms with Gasteiger partial charge in [0.2, 0.25) is 0 Å². The highest BCUT2D eigenvalue weighted by atomic mass is 32.1. The van der Waals surface area contributed by atoms with Crippen LogP contribution in [0, 0.1) is 5.41 Å². The van der Waals surface area contributed by atoms with Gasteiger partial charge in [-0.2, -0.15) is 0 Å². The van der Waals surface area contributed by atoms with Gasteiger partial charge in [0, 0.05) is 77.3 Å². The van der Waals surface area contributed by atoms with Crippen molar-refractivity contribution in [2.75, 3.05) is 26.4 Å². The third-order valence-corrected chi connectivity index (χ3v) is 3.72. The number of aliphatic hydroxyl groups excluding tert-OH is 4. The lowest BCUT2D eigenvalue weighted by atomic mass is 9.93. The van der Waals surface area contributed by atoms with Crippen LogP contribution >= 0.6 is 51.6 Å². The van der Waals surface area contributed by atoms with E-state index in [9.17, 15) is 19.2 Å². The first-order valence-corrected chi connectivity index (χ1v) is 10.7. The van der Waals surface area contributed by atoms with Gasteiger partial charge < -0.3 is 37.2 Å². The van der Waals surface area contributed by atoms with Gasteiger partial charge in [0.15, 0.2) is 0 Å². The Bertz CT molecular complexity index is 371. The van der Waals surface area contributed by atoms with E-state index >= 15 is 0 Å². The van der Waals surface area contributed by atoms with E-state index in [1.807, 2.05) is 0 Å². The fraction of sp³-hybridized carbons (Fsp3) is 0.765. The average Bonchev–Trinajstić information content (AvgIpc) is 2.89. The first-order chi connectivity index (χ1) is 15.5. The SMILES string of the molecule is CCC(=O)OS.CCC(=O)OS.CCC(=O)OS.CCC(=O)OS.OCC(CO)(CO)CO. The normalized spacial score (nSPS) is 8.85. The van der Waals surface area contributed by atoms with E-state index < -0.39 is 31.8 Å².